The molecule has 0 N–H and O–H groups in total. The fraction of sp³-hybridized carbons (Fsp3) is 0.556. The molecule has 12 heavy (non-hydrogen) atoms. The summed E-state index contributed by atoms with van der Waals surface area (Å²) >= 11 is 1.70. The van der Waals surface area contributed by atoms with E-state index in [1.807, 2.05) is 12.4 Å². The van der Waals surface area contributed by atoms with E-state index in [9.17, 15) is 0 Å². The molecule has 0 radical (unpaired) electrons. The molecular formula is C9H14N2S. The summed E-state index contributed by atoms with van der Waals surface area (Å²) in [6, 6.07) is 0. The van der Waals surface area contributed by atoms with Gasteiger partial charge in [0.05, 0.1) is 9.88 Å². The van der Waals surface area contributed by atoms with Gasteiger partial charge in [-0.1, -0.05) is 20.8 Å². The lowest BCUT2D eigenvalue weighted by Gasteiger charge is -2.13. The molecule has 0 spiro atoms. The number of aliphatic imine (C=N–C) groups is 1. The predicted octanol–water partition coefficient (Wildman–Crippen LogP) is 2.49. The maximum absolute atomic E-state index is 4.33. The molecule has 3 heteroatoms. The van der Waals surface area contributed by atoms with Gasteiger partial charge in [-0.2, -0.15) is 0 Å². The van der Waals surface area contributed by atoms with Crippen molar-refractivity contribution < 1.29 is 0 Å². The lowest BCUT2D eigenvalue weighted by molar-refractivity contribution is 0.585. The molecule has 0 aliphatic rings. The molecule has 1 heterocycles. The van der Waals surface area contributed by atoms with Crippen LogP contribution in [-0.4, -0.2) is 18.2 Å². The first-order valence-corrected chi connectivity index (χ1v) is 4.74. The van der Waals surface area contributed by atoms with E-state index >= 15 is 0 Å². The van der Waals surface area contributed by atoms with Crippen molar-refractivity contribution in [3.63, 3.8) is 0 Å². The highest BCUT2D eigenvalue weighted by Crippen LogP contribution is 2.25. The summed E-state index contributed by atoms with van der Waals surface area (Å²) in [6.07, 6.45) is 3.71. The first kappa shape index (κ1) is 9.39. The first-order valence-electron chi connectivity index (χ1n) is 3.92. The molecule has 1 rings (SSSR count). The molecule has 0 saturated heterocycles. The van der Waals surface area contributed by atoms with Crippen molar-refractivity contribution in [2.75, 3.05) is 7.05 Å². The smallest absolute Gasteiger partial charge is 0.0985 e. The second-order valence-electron chi connectivity index (χ2n) is 3.71. The second kappa shape index (κ2) is 3.35. The van der Waals surface area contributed by atoms with Crippen LogP contribution in [0.4, 0.5) is 0 Å². The Morgan fingerprint density at radius 3 is 2.58 bits per heavy atom. The van der Waals surface area contributed by atoms with E-state index < -0.39 is 0 Å². The van der Waals surface area contributed by atoms with Crippen LogP contribution >= 0.6 is 11.3 Å². The van der Waals surface area contributed by atoms with Crippen LogP contribution in [0.25, 0.3) is 0 Å². The van der Waals surface area contributed by atoms with Crippen molar-refractivity contribution >= 4 is 17.6 Å². The maximum Gasteiger partial charge on any atom is 0.0985 e. The lowest BCUT2D eigenvalue weighted by Crippen LogP contribution is -2.09. The molecule has 0 fully saturated rings. The third-order valence-electron chi connectivity index (χ3n) is 1.42. The monoisotopic (exact) mass is 182 g/mol. The van der Waals surface area contributed by atoms with Crippen molar-refractivity contribution in [1.82, 2.24) is 4.98 Å². The third-order valence-corrected chi connectivity index (χ3v) is 2.78. The van der Waals surface area contributed by atoms with E-state index in [2.05, 4.69) is 30.7 Å². The minimum Gasteiger partial charge on any atom is -0.295 e. The van der Waals surface area contributed by atoms with E-state index in [1.54, 1.807) is 18.4 Å². The number of hydrogen-bond donors (Lipinski definition) is 0. The summed E-state index contributed by atoms with van der Waals surface area (Å²) in [5, 5.41) is 1.16. The van der Waals surface area contributed by atoms with Gasteiger partial charge in [0.15, 0.2) is 0 Å². The van der Waals surface area contributed by atoms with Gasteiger partial charge in [0.2, 0.25) is 0 Å². The Kier molecular flexibility index (Phi) is 2.62. The van der Waals surface area contributed by atoms with E-state index in [1.165, 1.54) is 0 Å². The van der Waals surface area contributed by atoms with Crippen LogP contribution in [0.5, 0.6) is 0 Å². The minimum atomic E-state index is 0.157. The average Bonchev–Trinajstić information content (AvgIpc) is 2.35. The summed E-state index contributed by atoms with van der Waals surface area (Å²) in [4.78, 5) is 9.41. The van der Waals surface area contributed by atoms with Crippen LogP contribution in [0.3, 0.4) is 0 Å². The third kappa shape index (κ3) is 2.14. The summed E-state index contributed by atoms with van der Waals surface area (Å²) in [5.41, 5.74) is 0.157. The lowest BCUT2D eigenvalue weighted by atomic mass is 9.98. The SMILES string of the molecule is C/N=C\c1cnc(C(C)(C)C)s1. The maximum atomic E-state index is 4.33. The topological polar surface area (TPSA) is 25.2 Å². The molecule has 0 aromatic carbocycles. The molecule has 1 aromatic heterocycles. The highest BCUT2D eigenvalue weighted by atomic mass is 32.1. The Bertz CT molecular complexity index is 281. The van der Waals surface area contributed by atoms with Crippen LogP contribution in [0.15, 0.2) is 11.2 Å². The van der Waals surface area contributed by atoms with Crippen molar-refractivity contribution in [2.24, 2.45) is 4.99 Å². The Hall–Kier alpha value is -0.700. The van der Waals surface area contributed by atoms with Crippen LogP contribution in [-0.2, 0) is 5.41 Å². The number of hydrogen-bond acceptors (Lipinski definition) is 3. The molecule has 0 saturated carbocycles. The van der Waals surface area contributed by atoms with Crippen molar-refractivity contribution in [1.29, 1.82) is 0 Å². The van der Waals surface area contributed by atoms with Crippen LogP contribution in [0.2, 0.25) is 0 Å². The van der Waals surface area contributed by atoms with Gasteiger partial charge >= 0.3 is 0 Å². The predicted molar refractivity (Wildman–Crippen MR) is 54.3 cm³/mol. The van der Waals surface area contributed by atoms with Gasteiger partial charge in [-0.15, -0.1) is 11.3 Å². The minimum absolute atomic E-state index is 0.157. The van der Waals surface area contributed by atoms with Gasteiger partial charge in [0.1, 0.15) is 0 Å². The Morgan fingerprint density at radius 1 is 1.50 bits per heavy atom. The molecule has 0 aliphatic heterocycles. The molecule has 66 valence electrons. The van der Waals surface area contributed by atoms with Crippen molar-refractivity contribution in [3.8, 4) is 0 Å². The molecule has 2 nitrogen and oxygen atoms in total. The highest BCUT2D eigenvalue weighted by Gasteiger charge is 2.17. The van der Waals surface area contributed by atoms with Crippen LogP contribution in [0.1, 0.15) is 30.7 Å². The molecule has 0 aliphatic carbocycles. The summed E-state index contributed by atoms with van der Waals surface area (Å²) < 4.78 is 0. The van der Waals surface area contributed by atoms with Gasteiger partial charge in [-0.25, -0.2) is 4.98 Å². The zero-order chi connectivity index (χ0) is 9.19. The van der Waals surface area contributed by atoms with Crippen LogP contribution < -0.4 is 0 Å². The molecule has 1 aromatic rings. The molecule has 0 amide bonds. The Morgan fingerprint density at radius 2 is 2.17 bits per heavy atom. The first-order chi connectivity index (χ1) is 5.54. The Balaban J connectivity index is 2.92. The zero-order valence-corrected chi connectivity index (χ0v) is 8.77. The quantitative estimate of drug-likeness (QED) is 0.612. The Labute approximate surface area is 77.4 Å². The van der Waals surface area contributed by atoms with E-state index in [4.69, 9.17) is 0 Å². The number of thiazole rings is 1. The number of aromatic nitrogens is 1. The average molecular weight is 182 g/mol. The van der Waals surface area contributed by atoms with E-state index in [0.29, 0.717) is 0 Å². The largest absolute Gasteiger partial charge is 0.295 e. The standard InChI is InChI=1S/C9H14N2S/c1-9(2,3)8-11-6-7(12-8)5-10-4/h5-6H,1-4H3/b10-5-. The van der Waals surface area contributed by atoms with Crippen LogP contribution in [0, 0.1) is 0 Å². The number of nitrogens with zero attached hydrogens (tertiary/aromatic N) is 2. The van der Waals surface area contributed by atoms with Crippen molar-refractivity contribution in [2.45, 2.75) is 26.2 Å². The van der Waals surface area contributed by atoms with Gasteiger partial charge in [0, 0.05) is 24.9 Å². The van der Waals surface area contributed by atoms with Gasteiger partial charge < -0.3 is 0 Å². The second-order valence-corrected chi connectivity index (χ2v) is 4.77. The molecule has 0 atom stereocenters. The molecule has 0 bridgehead atoms. The summed E-state index contributed by atoms with van der Waals surface area (Å²) in [5.74, 6) is 0. The van der Waals surface area contributed by atoms with Gasteiger partial charge in [-0.3, -0.25) is 4.99 Å². The zero-order valence-electron chi connectivity index (χ0n) is 7.96. The van der Waals surface area contributed by atoms with E-state index in [0.717, 1.165) is 9.88 Å². The highest BCUT2D eigenvalue weighted by molar-refractivity contribution is 7.13. The summed E-state index contributed by atoms with van der Waals surface area (Å²) in [7, 11) is 1.77. The normalized spacial score (nSPS) is 12.7. The summed E-state index contributed by atoms with van der Waals surface area (Å²) in [6.45, 7) is 6.50. The fourth-order valence-electron chi connectivity index (χ4n) is 0.820. The van der Waals surface area contributed by atoms with Gasteiger partial charge in [0.25, 0.3) is 0 Å². The molecular weight excluding hydrogens is 168 g/mol. The number of rotatable bonds is 1. The van der Waals surface area contributed by atoms with Gasteiger partial charge in [-0.05, 0) is 0 Å². The fourth-order valence-corrected chi connectivity index (χ4v) is 1.72. The van der Waals surface area contributed by atoms with E-state index in [-0.39, 0.29) is 5.41 Å². The van der Waals surface area contributed by atoms with Crippen molar-refractivity contribution in [3.05, 3.63) is 16.1 Å². The molecule has 0 unspecified atom stereocenters.